The van der Waals surface area contributed by atoms with Crippen LogP contribution >= 0.6 is 0 Å². The number of hydrogen-bond donors (Lipinski definition) is 1. The van der Waals surface area contributed by atoms with E-state index in [0.29, 0.717) is 26.1 Å². The lowest BCUT2D eigenvalue weighted by Crippen LogP contribution is -2.45. The Morgan fingerprint density at radius 2 is 1.88 bits per heavy atom. The summed E-state index contributed by atoms with van der Waals surface area (Å²) in [5, 5.41) is 10.6. The van der Waals surface area contributed by atoms with Crippen molar-refractivity contribution in [2.24, 2.45) is 5.92 Å². The van der Waals surface area contributed by atoms with Gasteiger partial charge in [0.2, 0.25) is 5.91 Å². The molecule has 8 heteroatoms. The van der Waals surface area contributed by atoms with Crippen molar-refractivity contribution in [1.29, 1.82) is 0 Å². The molecule has 1 fully saturated rings. The van der Waals surface area contributed by atoms with Crippen LogP contribution in [0.15, 0.2) is 42.5 Å². The maximum atomic E-state index is 13.8. The summed E-state index contributed by atoms with van der Waals surface area (Å²) in [5.74, 6) is -0.0146. The van der Waals surface area contributed by atoms with Crippen LogP contribution in [-0.4, -0.2) is 98.3 Å². The second kappa shape index (κ2) is 14.0. The average Bonchev–Trinajstić information content (AvgIpc) is 3.55. The lowest BCUT2D eigenvalue weighted by atomic mass is 9.82. The van der Waals surface area contributed by atoms with Gasteiger partial charge < -0.3 is 24.4 Å². The number of ether oxygens (including phenoxy) is 2. The van der Waals surface area contributed by atoms with Crippen molar-refractivity contribution in [3.8, 4) is 11.5 Å². The minimum Gasteiger partial charge on any atom is -0.496 e. The lowest BCUT2D eigenvalue weighted by Gasteiger charge is -2.30. The number of fused-ring (bicyclic) bond motifs is 1. The highest BCUT2D eigenvalue weighted by atomic mass is 16.5. The quantitative estimate of drug-likeness (QED) is 0.381. The Labute approximate surface area is 238 Å². The van der Waals surface area contributed by atoms with Crippen LogP contribution < -0.4 is 9.47 Å². The molecule has 0 bridgehead atoms. The number of hydrogen-bond acceptors (Lipinski definition) is 6. The number of carboxylic acids is 1. The van der Waals surface area contributed by atoms with E-state index >= 15 is 0 Å². The first-order valence-corrected chi connectivity index (χ1v) is 14.6. The number of carbonyl (C=O) groups is 2. The first-order valence-electron chi connectivity index (χ1n) is 14.6. The fourth-order valence-corrected chi connectivity index (χ4v) is 6.18. The van der Waals surface area contributed by atoms with Gasteiger partial charge in [-0.1, -0.05) is 43.7 Å². The van der Waals surface area contributed by atoms with Gasteiger partial charge in [-0.25, -0.2) is 0 Å². The molecule has 0 spiro atoms. The third-order valence-corrected chi connectivity index (χ3v) is 8.30. The third-order valence-electron chi connectivity index (χ3n) is 8.30. The highest BCUT2D eigenvalue weighted by molar-refractivity contribution is 5.79. The van der Waals surface area contributed by atoms with E-state index in [9.17, 15) is 14.7 Å². The van der Waals surface area contributed by atoms with Crippen molar-refractivity contribution in [3.05, 3.63) is 59.2 Å². The summed E-state index contributed by atoms with van der Waals surface area (Å²) in [6, 6.07) is 13.5. The topological polar surface area (TPSA) is 82.5 Å². The van der Waals surface area contributed by atoms with Gasteiger partial charge in [-0.05, 0) is 68.7 Å². The van der Waals surface area contributed by atoms with E-state index in [4.69, 9.17) is 9.47 Å². The van der Waals surface area contributed by atoms with Gasteiger partial charge in [-0.3, -0.25) is 14.5 Å². The zero-order valence-corrected chi connectivity index (χ0v) is 24.5. The Balaban J connectivity index is 1.63. The summed E-state index contributed by atoms with van der Waals surface area (Å²) in [4.78, 5) is 32.9. The molecule has 1 N–H and O–H groups in total. The molecule has 218 valence electrons. The third kappa shape index (κ3) is 7.15. The van der Waals surface area contributed by atoms with Gasteiger partial charge in [0.05, 0.1) is 26.2 Å². The molecule has 4 rings (SSSR count). The first-order chi connectivity index (χ1) is 19.3. The minimum atomic E-state index is -0.828. The van der Waals surface area contributed by atoms with E-state index in [2.05, 4.69) is 22.8 Å². The Kier molecular flexibility index (Phi) is 10.5. The van der Waals surface area contributed by atoms with Crippen LogP contribution in [0.3, 0.4) is 0 Å². The average molecular weight is 552 g/mol. The van der Waals surface area contributed by atoms with E-state index in [-0.39, 0.29) is 24.4 Å². The number of likely N-dealkylation sites (tertiary alicyclic amines) is 1. The molecular formula is C32H45N3O5. The Hall–Kier alpha value is -3.10. The zero-order chi connectivity index (χ0) is 28.6. The van der Waals surface area contributed by atoms with Crippen molar-refractivity contribution in [3.63, 3.8) is 0 Å². The molecule has 2 aromatic carbocycles. The van der Waals surface area contributed by atoms with Crippen LogP contribution in [0.2, 0.25) is 0 Å². The highest BCUT2D eigenvalue weighted by Crippen LogP contribution is 2.41. The van der Waals surface area contributed by atoms with E-state index in [1.54, 1.807) is 7.11 Å². The van der Waals surface area contributed by atoms with E-state index in [0.717, 1.165) is 67.0 Å². The molecule has 1 saturated heterocycles. The predicted molar refractivity (Wildman–Crippen MR) is 156 cm³/mol. The van der Waals surface area contributed by atoms with Crippen molar-refractivity contribution >= 4 is 11.9 Å². The van der Waals surface area contributed by atoms with E-state index in [1.807, 2.05) is 55.4 Å². The molecule has 40 heavy (non-hydrogen) atoms. The number of carbonyl (C=O) groups excluding carboxylic acids is 1. The molecule has 0 aromatic heterocycles. The van der Waals surface area contributed by atoms with Crippen LogP contribution in [0.1, 0.15) is 48.8 Å². The summed E-state index contributed by atoms with van der Waals surface area (Å²) in [5.41, 5.74) is 3.09. The van der Waals surface area contributed by atoms with Crippen molar-refractivity contribution in [1.82, 2.24) is 14.7 Å². The molecule has 2 aromatic rings. The van der Waals surface area contributed by atoms with Gasteiger partial charge >= 0.3 is 5.97 Å². The minimum absolute atomic E-state index is 0.0735. The van der Waals surface area contributed by atoms with Crippen LogP contribution in [0.4, 0.5) is 0 Å². The molecule has 8 nitrogen and oxygen atoms in total. The summed E-state index contributed by atoms with van der Waals surface area (Å²) in [6.07, 6.45) is 4.21. The van der Waals surface area contributed by atoms with Crippen molar-refractivity contribution in [2.45, 2.75) is 51.0 Å². The van der Waals surface area contributed by atoms with E-state index in [1.165, 1.54) is 0 Å². The van der Waals surface area contributed by atoms with Crippen LogP contribution in [-0.2, 0) is 22.4 Å². The molecule has 2 aliphatic heterocycles. The molecule has 0 radical (unpaired) electrons. The maximum Gasteiger partial charge on any atom is 0.308 e. The summed E-state index contributed by atoms with van der Waals surface area (Å²) >= 11 is 0. The predicted octanol–water partition coefficient (Wildman–Crippen LogP) is 3.92. The highest BCUT2D eigenvalue weighted by Gasteiger charge is 2.47. The second-order valence-corrected chi connectivity index (χ2v) is 11.3. The molecule has 3 unspecified atom stereocenters. The summed E-state index contributed by atoms with van der Waals surface area (Å²) < 4.78 is 11.3. The second-order valence-electron chi connectivity index (χ2n) is 11.3. The first kappa shape index (κ1) is 29.9. The fraction of sp³-hybridized carbons (Fsp3) is 0.562. The van der Waals surface area contributed by atoms with E-state index < -0.39 is 11.9 Å². The SMILES string of the molecule is CCCCN(CCCN(C)C)C(=O)CN1CC(c2ccc3c(c2)CCO3)C(C(=O)O)C1Cc1ccccc1OC. The number of aliphatic carboxylic acids is 1. The molecule has 1 amide bonds. The smallest absolute Gasteiger partial charge is 0.308 e. The number of nitrogens with zero attached hydrogens (tertiary/aromatic N) is 3. The number of benzene rings is 2. The van der Waals surface area contributed by atoms with Gasteiger partial charge in [-0.15, -0.1) is 0 Å². The lowest BCUT2D eigenvalue weighted by molar-refractivity contribution is -0.143. The van der Waals surface area contributed by atoms with Crippen LogP contribution in [0, 0.1) is 5.92 Å². The number of unbranched alkanes of at least 4 members (excludes halogenated alkanes) is 1. The molecule has 0 saturated carbocycles. The number of rotatable bonds is 14. The van der Waals surface area contributed by atoms with Crippen LogP contribution in [0.25, 0.3) is 0 Å². The fourth-order valence-electron chi connectivity index (χ4n) is 6.18. The Bertz CT molecular complexity index is 1150. The van der Waals surface area contributed by atoms with Gasteiger partial charge in [0.1, 0.15) is 11.5 Å². The van der Waals surface area contributed by atoms with Gasteiger partial charge in [0.15, 0.2) is 0 Å². The molecule has 0 aliphatic carbocycles. The number of para-hydroxylation sites is 1. The molecule has 2 aliphatic rings. The van der Waals surface area contributed by atoms with Gasteiger partial charge in [-0.2, -0.15) is 0 Å². The Morgan fingerprint density at radius 1 is 1.10 bits per heavy atom. The monoisotopic (exact) mass is 551 g/mol. The number of amides is 1. The molecular weight excluding hydrogens is 506 g/mol. The van der Waals surface area contributed by atoms with Crippen molar-refractivity contribution in [2.75, 3.05) is 60.5 Å². The summed E-state index contributed by atoms with van der Waals surface area (Å²) in [6.45, 7) is 5.87. The molecule has 2 heterocycles. The van der Waals surface area contributed by atoms with Gasteiger partial charge in [0.25, 0.3) is 0 Å². The van der Waals surface area contributed by atoms with Crippen molar-refractivity contribution < 1.29 is 24.2 Å². The summed E-state index contributed by atoms with van der Waals surface area (Å²) in [7, 11) is 5.72. The van der Waals surface area contributed by atoms with Crippen LogP contribution in [0.5, 0.6) is 11.5 Å². The maximum absolute atomic E-state index is 13.8. The molecule has 3 atom stereocenters. The standard InChI is InChI=1S/C32H45N3O5/c1-5-6-16-34(17-9-15-33(2)3)30(36)22-35-21-26(23-12-13-29-25(19-23)14-18-40-29)31(32(37)38)27(35)20-24-10-7-8-11-28(24)39-4/h7-8,10-13,19,26-27,31H,5-6,9,14-18,20-22H2,1-4H3,(H,37,38). The Morgan fingerprint density at radius 3 is 2.60 bits per heavy atom. The normalized spacial score (nSPS) is 20.4. The largest absolute Gasteiger partial charge is 0.496 e. The number of carboxylic acid groups (broad SMARTS) is 1. The number of methoxy groups -OCH3 is 1. The van der Waals surface area contributed by atoms with Gasteiger partial charge in [0, 0.05) is 38.0 Å². The zero-order valence-electron chi connectivity index (χ0n) is 24.5.